The smallest absolute Gasteiger partial charge is 0.221 e. The average Bonchev–Trinajstić information content (AvgIpc) is 2.08. The van der Waals surface area contributed by atoms with Gasteiger partial charge in [-0.05, 0) is 36.0 Å². The first kappa shape index (κ1) is 9.62. The van der Waals surface area contributed by atoms with Gasteiger partial charge in [0, 0.05) is 17.5 Å². The van der Waals surface area contributed by atoms with E-state index in [1.165, 1.54) is 6.92 Å². The molecule has 13 heavy (non-hydrogen) atoms. The monoisotopic (exact) mass is 192 g/mol. The van der Waals surface area contributed by atoms with Gasteiger partial charge in [-0.2, -0.15) is 5.26 Å². The standard InChI is InChI=1S/C9H8N2OS/c1-7(12)11-8-2-4-9(5-3-8)13-6-10/h2-5H,1H3,(H,11,12). The molecule has 0 spiro atoms. The number of nitrogens with one attached hydrogen (secondary N) is 1. The third-order valence-corrected chi connectivity index (χ3v) is 1.94. The van der Waals surface area contributed by atoms with E-state index in [1.807, 2.05) is 5.40 Å². The lowest BCUT2D eigenvalue weighted by Gasteiger charge is -2.01. The van der Waals surface area contributed by atoms with Crippen LogP contribution in [0.2, 0.25) is 0 Å². The van der Waals surface area contributed by atoms with E-state index >= 15 is 0 Å². The summed E-state index contributed by atoms with van der Waals surface area (Å²) < 4.78 is 0. The maximum atomic E-state index is 10.7. The Labute approximate surface area is 80.8 Å². The quantitative estimate of drug-likeness (QED) is 0.577. The minimum absolute atomic E-state index is 0.0966. The number of hydrogen-bond donors (Lipinski definition) is 1. The van der Waals surface area contributed by atoms with Crippen molar-refractivity contribution in [3.05, 3.63) is 24.3 Å². The second-order valence-corrected chi connectivity index (χ2v) is 3.26. The van der Waals surface area contributed by atoms with Gasteiger partial charge >= 0.3 is 0 Å². The number of hydrogen-bond acceptors (Lipinski definition) is 3. The van der Waals surface area contributed by atoms with Crippen LogP contribution in [-0.4, -0.2) is 5.91 Å². The fourth-order valence-electron chi connectivity index (χ4n) is 0.862. The molecule has 0 aliphatic rings. The number of carbonyl (C=O) groups excluding carboxylic acids is 1. The summed E-state index contributed by atoms with van der Waals surface area (Å²) in [6.45, 7) is 1.46. The molecule has 0 atom stereocenters. The molecule has 0 aromatic heterocycles. The average molecular weight is 192 g/mol. The summed E-state index contributed by atoms with van der Waals surface area (Å²) in [5, 5.41) is 13.0. The molecule has 0 aliphatic carbocycles. The van der Waals surface area contributed by atoms with Crippen molar-refractivity contribution in [1.29, 1.82) is 5.26 Å². The number of rotatable bonds is 2. The molecule has 0 unspecified atom stereocenters. The Kier molecular flexibility index (Phi) is 3.35. The Bertz CT molecular complexity index is 340. The van der Waals surface area contributed by atoms with E-state index in [1.54, 1.807) is 24.3 Å². The molecule has 4 heteroatoms. The highest BCUT2D eigenvalue weighted by Crippen LogP contribution is 2.18. The fraction of sp³-hybridized carbons (Fsp3) is 0.111. The van der Waals surface area contributed by atoms with E-state index in [2.05, 4.69) is 5.32 Å². The lowest BCUT2D eigenvalue weighted by molar-refractivity contribution is -0.114. The van der Waals surface area contributed by atoms with E-state index in [4.69, 9.17) is 5.26 Å². The molecule has 1 rings (SSSR count). The molecule has 1 N–H and O–H groups in total. The second kappa shape index (κ2) is 4.53. The summed E-state index contributed by atoms with van der Waals surface area (Å²) in [5.74, 6) is -0.0966. The van der Waals surface area contributed by atoms with Crippen LogP contribution in [0, 0.1) is 10.7 Å². The number of nitrogens with zero attached hydrogens (tertiary/aromatic N) is 1. The van der Waals surface area contributed by atoms with Crippen LogP contribution in [0.4, 0.5) is 5.69 Å². The van der Waals surface area contributed by atoms with Gasteiger partial charge in [-0.3, -0.25) is 4.79 Å². The van der Waals surface area contributed by atoms with Crippen LogP contribution in [0.1, 0.15) is 6.92 Å². The largest absolute Gasteiger partial charge is 0.326 e. The lowest BCUT2D eigenvalue weighted by atomic mass is 10.3. The third-order valence-electron chi connectivity index (χ3n) is 1.34. The van der Waals surface area contributed by atoms with Crippen molar-refractivity contribution in [1.82, 2.24) is 0 Å². The van der Waals surface area contributed by atoms with Gasteiger partial charge in [0.05, 0.1) is 0 Å². The molecule has 0 fully saturated rings. The Morgan fingerprint density at radius 3 is 2.54 bits per heavy atom. The highest BCUT2D eigenvalue weighted by Gasteiger charge is 1.95. The lowest BCUT2D eigenvalue weighted by Crippen LogP contribution is -2.05. The third kappa shape index (κ3) is 3.18. The first-order chi connectivity index (χ1) is 6.22. The molecule has 0 bridgehead atoms. The van der Waals surface area contributed by atoms with E-state index in [0.29, 0.717) is 0 Å². The van der Waals surface area contributed by atoms with E-state index in [-0.39, 0.29) is 5.91 Å². The predicted octanol–water partition coefficient (Wildman–Crippen LogP) is 2.22. The molecule has 0 saturated carbocycles. The van der Waals surface area contributed by atoms with Crippen LogP contribution in [0.25, 0.3) is 0 Å². The molecular weight excluding hydrogens is 184 g/mol. The molecule has 1 amide bonds. The molecule has 0 aliphatic heterocycles. The maximum Gasteiger partial charge on any atom is 0.221 e. The zero-order valence-corrected chi connectivity index (χ0v) is 7.89. The number of benzene rings is 1. The Morgan fingerprint density at radius 2 is 2.08 bits per heavy atom. The van der Waals surface area contributed by atoms with Crippen molar-refractivity contribution < 1.29 is 4.79 Å². The van der Waals surface area contributed by atoms with E-state index < -0.39 is 0 Å². The van der Waals surface area contributed by atoms with Crippen molar-refractivity contribution in [2.24, 2.45) is 0 Å². The van der Waals surface area contributed by atoms with Gasteiger partial charge in [0.25, 0.3) is 0 Å². The van der Waals surface area contributed by atoms with Gasteiger partial charge in [0.1, 0.15) is 5.40 Å². The predicted molar refractivity (Wildman–Crippen MR) is 52.2 cm³/mol. The van der Waals surface area contributed by atoms with Crippen molar-refractivity contribution in [2.45, 2.75) is 11.8 Å². The first-order valence-corrected chi connectivity index (χ1v) is 4.47. The molecular formula is C9H8N2OS. The second-order valence-electron chi connectivity index (χ2n) is 2.40. The highest BCUT2D eigenvalue weighted by molar-refractivity contribution is 8.03. The van der Waals surface area contributed by atoms with Crippen molar-refractivity contribution in [3.8, 4) is 5.40 Å². The van der Waals surface area contributed by atoms with Crippen molar-refractivity contribution >= 4 is 23.4 Å². The summed E-state index contributed by atoms with van der Waals surface area (Å²) >= 11 is 1.10. The first-order valence-electron chi connectivity index (χ1n) is 3.66. The van der Waals surface area contributed by atoms with Crippen LogP contribution < -0.4 is 5.32 Å². The normalized spacial score (nSPS) is 8.92. The number of thiocyanates is 1. The van der Waals surface area contributed by atoms with Gasteiger partial charge in [-0.15, -0.1) is 0 Å². The Morgan fingerprint density at radius 1 is 1.46 bits per heavy atom. The summed E-state index contributed by atoms with van der Waals surface area (Å²) in [4.78, 5) is 11.5. The zero-order chi connectivity index (χ0) is 9.68. The van der Waals surface area contributed by atoms with Crippen LogP contribution in [0.3, 0.4) is 0 Å². The van der Waals surface area contributed by atoms with Gasteiger partial charge in [-0.1, -0.05) is 0 Å². The van der Waals surface area contributed by atoms with Gasteiger partial charge in [0.2, 0.25) is 5.91 Å². The summed E-state index contributed by atoms with van der Waals surface area (Å²) in [6.07, 6.45) is 0. The molecule has 1 aromatic rings. The molecule has 66 valence electrons. The van der Waals surface area contributed by atoms with Crippen molar-refractivity contribution in [2.75, 3.05) is 5.32 Å². The molecule has 0 saturated heterocycles. The van der Waals surface area contributed by atoms with E-state index in [9.17, 15) is 4.79 Å². The number of carbonyl (C=O) groups is 1. The van der Waals surface area contributed by atoms with Crippen molar-refractivity contribution in [3.63, 3.8) is 0 Å². The molecule has 0 radical (unpaired) electrons. The summed E-state index contributed by atoms with van der Waals surface area (Å²) in [7, 11) is 0. The zero-order valence-electron chi connectivity index (χ0n) is 7.07. The van der Waals surface area contributed by atoms with Crippen LogP contribution in [0.5, 0.6) is 0 Å². The van der Waals surface area contributed by atoms with Gasteiger partial charge < -0.3 is 5.32 Å². The molecule has 3 nitrogen and oxygen atoms in total. The molecule has 0 heterocycles. The number of amides is 1. The summed E-state index contributed by atoms with van der Waals surface area (Å²) in [6, 6.07) is 7.11. The number of thioether (sulfide) groups is 1. The van der Waals surface area contributed by atoms with E-state index in [0.717, 1.165) is 22.3 Å². The minimum Gasteiger partial charge on any atom is -0.326 e. The summed E-state index contributed by atoms with van der Waals surface area (Å²) in [5.41, 5.74) is 0.745. The fourth-order valence-corrected chi connectivity index (χ4v) is 1.24. The van der Waals surface area contributed by atoms with Crippen LogP contribution in [-0.2, 0) is 4.79 Å². The SMILES string of the molecule is CC(=O)Nc1ccc(SC#N)cc1. The number of nitriles is 1. The van der Waals surface area contributed by atoms with Gasteiger partial charge in [0.15, 0.2) is 0 Å². The van der Waals surface area contributed by atoms with Gasteiger partial charge in [-0.25, -0.2) is 0 Å². The van der Waals surface area contributed by atoms with Crippen LogP contribution in [0.15, 0.2) is 29.2 Å². The van der Waals surface area contributed by atoms with Crippen LogP contribution >= 0.6 is 11.8 Å². The highest BCUT2D eigenvalue weighted by atomic mass is 32.2. The minimum atomic E-state index is -0.0966. The number of anilines is 1. The Balaban J connectivity index is 2.70. The topological polar surface area (TPSA) is 52.9 Å². The molecule has 1 aromatic carbocycles. The Hall–Kier alpha value is -1.47. The maximum absolute atomic E-state index is 10.7.